The van der Waals surface area contributed by atoms with Gasteiger partial charge in [0.05, 0.1) is 17.0 Å². The van der Waals surface area contributed by atoms with E-state index in [1.807, 2.05) is 4.90 Å². The molecule has 0 aliphatic carbocycles. The molecule has 2 aromatic rings. The zero-order valence-electron chi connectivity index (χ0n) is 13.6. The summed E-state index contributed by atoms with van der Waals surface area (Å²) < 4.78 is 13.5. The number of halogens is 1. The molecule has 1 saturated heterocycles. The monoisotopic (exact) mass is 340 g/mol. The van der Waals surface area contributed by atoms with Crippen LogP contribution in [0.3, 0.4) is 0 Å². The molecule has 3 rings (SSSR count). The number of pyridine rings is 1. The van der Waals surface area contributed by atoms with Crippen LogP contribution in [0.4, 0.5) is 15.9 Å². The number of piperazine rings is 1. The van der Waals surface area contributed by atoms with Gasteiger partial charge < -0.3 is 4.90 Å². The van der Waals surface area contributed by atoms with Crippen molar-refractivity contribution in [2.45, 2.75) is 0 Å². The fourth-order valence-electron chi connectivity index (χ4n) is 2.70. The Balaban J connectivity index is 1.58. The lowest BCUT2D eigenvalue weighted by Gasteiger charge is -2.34. The van der Waals surface area contributed by atoms with E-state index in [4.69, 9.17) is 0 Å². The minimum absolute atomic E-state index is 0.0234. The molecule has 1 aromatic heterocycles. The van der Waals surface area contributed by atoms with Crippen LogP contribution in [0.2, 0.25) is 0 Å². The van der Waals surface area contributed by atoms with Gasteiger partial charge in [-0.05, 0) is 18.2 Å². The van der Waals surface area contributed by atoms with Crippen LogP contribution in [0, 0.1) is 27.8 Å². The number of nitrogens with zero attached hydrogens (tertiary/aromatic N) is 4. The second kappa shape index (κ2) is 7.73. The summed E-state index contributed by atoms with van der Waals surface area (Å²) in [6.07, 6.45) is 1.56. The van der Waals surface area contributed by atoms with Crippen LogP contribution >= 0.6 is 0 Å². The number of aromatic nitrogens is 1. The molecule has 1 aromatic carbocycles. The smallest absolute Gasteiger partial charge is 0.311 e. The van der Waals surface area contributed by atoms with Crippen molar-refractivity contribution in [2.75, 3.05) is 37.6 Å². The first-order valence-electron chi connectivity index (χ1n) is 7.95. The van der Waals surface area contributed by atoms with Crippen LogP contribution in [0.5, 0.6) is 0 Å². The van der Waals surface area contributed by atoms with Gasteiger partial charge in [-0.3, -0.25) is 15.0 Å². The second-order valence-electron chi connectivity index (χ2n) is 5.65. The third-order valence-electron chi connectivity index (χ3n) is 4.03. The quantitative estimate of drug-likeness (QED) is 0.487. The molecule has 6 nitrogen and oxygen atoms in total. The molecule has 2 heterocycles. The molecule has 0 spiro atoms. The van der Waals surface area contributed by atoms with Crippen LogP contribution in [0.15, 0.2) is 42.6 Å². The summed E-state index contributed by atoms with van der Waals surface area (Å²) in [5.41, 5.74) is 0.417. The summed E-state index contributed by atoms with van der Waals surface area (Å²) in [5.74, 6) is 5.92. The molecule has 128 valence electrons. The molecule has 0 bridgehead atoms. The van der Waals surface area contributed by atoms with Gasteiger partial charge in [-0.2, -0.15) is 0 Å². The van der Waals surface area contributed by atoms with Crippen LogP contribution in [0.25, 0.3) is 0 Å². The lowest BCUT2D eigenvalue weighted by Crippen LogP contribution is -2.46. The second-order valence-corrected chi connectivity index (χ2v) is 5.65. The maximum atomic E-state index is 13.5. The molecule has 25 heavy (non-hydrogen) atoms. The predicted octanol–water partition coefficient (Wildman–Crippen LogP) is 2.30. The number of benzene rings is 1. The molecule has 0 atom stereocenters. The van der Waals surface area contributed by atoms with E-state index in [9.17, 15) is 14.5 Å². The average molecular weight is 340 g/mol. The highest BCUT2D eigenvalue weighted by Gasteiger charge is 2.24. The number of rotatable bonds is 3. The van der Waals surface area contributed by atoms with Crippen molar-refractivity contribution in [3.05, 3.63) is 64.1 Å². The predicted molar refractivity (Wildman–Crippen MR) is 92.8 cm³/mol. The van der Waals surface area contributed by atoms with Crippen LogP contribution in [-0.2, 0) is 0 Å². The third kappa shape index (κ3) is 4.11. The van der Waals surface area contributed by atoms with Gasteiger partial charge in [-0.15, -0.1) is 0 Å². The molecule has 0 unspecified atom stereocenters. The van der Waals surface area contributed by atoms with Gasteiger partial charge in [0, 0.05) is 38.4 Å². The third-order valence-corrected chi connectivity index (χ3v) is 4.03. The van der Waals surface area contributed by atoms with E-state index in [0.717, 1.165) is 13.1 Å². The molecule has 1 aliphatic heterocycles. The zero-order chi connectivity index (χ0) is 17.6. The van der Waals surface area contributed by atoms with Gasteiger partial charge in [0.15, 0.2) is 0 Å². The highest BCUT2D eigenvalue weighted by Crippen LogP contribution is 2.25. The van der Waals surface area contributed by atoms with Crippen molar-refractivity contribution < 1.29 is 9.31 Å². The Morgan fingerprint density at radius 1 is 1.16 bits per heavy atom. The Bertz CT molecular complexity index is 823. The van der Waals surface area contributed by atoms with E-state index in [1.165, 1.54) is 12.1 Å². The molecule has 1 fully saturated rings. The first kappa shape index (κ1) is 16.9. The van der Waals surface area contributed by atoms with Gasteiger partial charge in [0.2, 0.25) is 5.82 Å². The largest absolute Gasteiger partial charge is 0.348 e. The number of hydrogen-bond donors (Lipinski definition) is 0. The summed E-state index contributed by atoms with van der Waals surface area (Å²) in [7, 11) is 0. The molecule has 0 N–H and O–H groups in total. The Hall–Kier alpha value is -2.98. The maximum Gasteiger partial charge on any atom is 0.311 e. The number of anilines is 1. The first-order valence-corrected chi connectivity index (χ1v) is 7.95. The van der Waals surface area contributed by atoms with Crippen molar-refractivity contribution in [1.29, 1.82) is 0 Å². The summed E-state index contributed by atoms with van der Waals surface area (Å²) in [6.45, 7) is 3.25. The molecular weight excluding hydrogens is 323 g/mol. The van der Waals surface area contributed by atoms with Gasteiger partial charge in [0.25, 0.3) is 0 Å². The van der Waals surface area contributed by atoms with E-state index in [2.05, 4.69) is 21.7 Å². The normalized spacial score (nSPS) is 14.7. The van der Waals surface area contributed by atoms with Crippen molar-refractivity contribution >= 4 is 11.5 Å². The average Bonchev–Trinajstić information content (AvgIpc) is 2.64. The van der Waals surface area contributed by atoms with Gasteiger partial charge >= 0.3 is 5.69 Å². The Kier molecular flexibility index (Phi) is 5.21. The summed E-state index contributed by atoms with van der Waals surface area (Å²) in [5, 5.41) is 11.1. The standard InChI is InChI=1S/C18H17FN4O2/c19-16-7-2-1-5-15(16)6-4-10-21-11-13-22(14-12-21)18-17(23(24)25)8-3-9-20-18/h1-3,5,7-9H,10-14H2. The van der Waals surface area contributed by atoms with E-state index in [1.54, 1.807) is 30.5 Å². The van der Waals surface area contributed by atoms with Crippen molar-refractivity contribution in [2.24, 2.45) is 0 Å². The molecule has 0 amide bonds. The van der Waals surface area contributed by atoms with E-state index >= 15 is 0 Å². The Morgan fingerprint density at radius 2 is 1.92 bits per heavy atom. The van der Waals surface area contributed by atoms with Crippen molar-refractivity contribution in [1.82, 2.24) is 9.88 Å². The summed E-state index contributed by atoms with van der Waals surface area (Å²) >= 11 is 0. The van der Waals surface area contributed by atoms with Crippen molar-refractivity contribution in [3.63, 3.8) is 0 Å². The van der Waals surface area contributed by atoms with Gasteiger partial charge in [-0.1, -0.05) is 24.0 Å². The van der Waals surface area contributed by atoms with Crippen LogP contribution in [0.1, 0.15) is 5.56 Å². The minimum Gasteiger partial charge on any atom is -0.348 e. The van der Waals surface area contributed by atoms with Gasteiger partial charge in [-0.25, -0.2) is 9.37 Å². The Labute approximate surface area is 145 Å². The van der Waals surface area contributed by atoms with E-state index in [-0.39, 0.29) is 11.5 Å². The Morgan fingerprint density at radius 3 is 2.64 bits per heavy atom. The molecule has 0 radical (unpaired) electrons. The topological polar surface area (TPSA) is 62.5 Å². The fraction of sp³-hybridized carbons (Fsp3) is 0.278. The zero-order valence-corrected chi connectivity index (χ0v) is 13.6. The number of hydrogen-bond acceptors (Lipinski definition) is 5. The molecule has 7 heteroatoms. The minimum atomic E-state index is -0.408. The highest BCUT2D eigenvalue weighted by molar-refractivity contribution is 5.57. The molecule has 0 saturated carbocycles. The van der Waals surface area contributed by atoms with Crippen LogP contribution in [-0.4, -0.2) is 47.5 Å². The lowest BCUT2D eigenvalue weighted by molar-refractivity contribution is -0.384. The van der Waals surface area contributed by atoms with E-state index in [0.29, 0.717) is 31.0 Å². The first-order chi connectivity index (χ1) is 12.1. The maximum absolute atomic E-state index is 13.5. The van der Waals surface area contributed by atoms with Crippen LogP contribution < -0.4 is 4.90 Å². The van der Waals surface area contributed by atoms with Crippen molar-refractivity contribution in [3.8, 4) is 11.8 Å². The summed E-state index contributed by atoms with van der Waals surface area (Å²) in [4.78, 5) is 18.9. The molecular formula is C18H17FN4O2. The molecule has 1 aliphatic rings. The van der Waals surface area contributed by atoms with Gasteiger partial charge in [0.1, 0.15) is 5.82 Å². The lowest BCUT2D eigenvalue weighted by atomic mass is 10.2. The summed E-state index contributed by atoms with van der Waals surface area (Å²) in [6, 6.07) is 9.47. The SMILES string of the molecule is O=[N+]([O-])c1cccnc1N1CCN(CC#Cc2ccccc2F)CC1. The fourth-order valence-corrected chi connectivity index (χ4v) is 2.70. The highest BCUT2D eigenvalue weighted by atomic mass is 19.1. The number of nitro groups is 1. The van der Waals surface area contributed by atoms with E-state index < -0.39 is 4.92 Å².